The molecule has 1 unspecified atom stereocenters. The smallest absolute Gasteiger partial charge is 0.221 e. The highest BCUT2D eigenvalue weighted by Gasteiger charge is 2.22. The Bertz CT molecular complexity index is 861. The van der Waals surface area contributed by atoms with E-state index in [1.807, 2.05) is 0 Å². The average molecular weight is 346 g/mol. The molecule has 0 radical (unpaired) electrons. The molecule has 1 amide bonds. The molecule has 0 aliphatic heterocycles. The van der Waals surface area contributed by atoms with Crippen molar-refractivity contribution in [2.24, 2.45) is 7.05 Å². The number of aryl methyl sites for hydroxylation is 2. The summed E-state index contributed by atoms with van der Waals surface area (Å²) in [6, 6.07) is 2.82. The quantitative estimate of drug-likeness (QED) is 0.710. The lowest BCUT2D eigenvalue weighted by Crippen LogP contribution is -2.31. The van der Waals surface area contributed by atoms with Crippen molar-refractivity contribution >= 4 is 5.91 Å². The van der Waals surface area contributed by atoms with Crippen molar-refractivity contribution in [2.75, 3.05) is 0 Å². The van der Waals surface area contributed by atoms with Crippen LogP contribution in [0, 0.1) is 11.6 Å². The van der Waals surface area contributed by atoms with Gasteiger partial charge in [-0.25, -0.2) is 13.8 Å². The maximum absolute atomic E-state index is 13.6. The van der Waals surface area contributed by atoms with E-state index < -0.39 is 17.7 Å². The molecule has 2 aromatic heterocycles. The second-order valence-corrected chi connectivity index (χ2v) is 5.53. The van der Waals surface area contributed by atoms with Gasteiger partial charge in [-0.3, -0.25) is 4.79 Å². The molecule has 0 aliphatic rings. The van der Waals surface area contributed by atoms with Crippen LogP contribution in [0.1, 0.15) is 29.5 Å². The van der Waals surface area contributed by atoms with Crippen molar-refractivity contribution in [2.45, 2.75) is 18.9 Å². The van der Waals surface area contributed by atoms with E-state index in [0.29, 0.717) is 23.5 Å². The number of H-pyrrole nitrogens is 1. The first-order valence-corrected chi connectivity index (χ1v) is 7.61. The minimum atomic E-state index is -0.978. The number of hydrogen-bond donors (Lipinski definition) is 2. The van der Waals surface area contributed by atoms with Crippen LogP contribution in [-0.4, -0.2) is 30.9 Å². The van der Waals surface area contributed by atoms with E-state index in [0.717, 1.165) is 12.1 Å². The summed E-state index contributed by atoms with van der Waals surface area (Å²) in [6.07, 6.45) is 5.41. The normalized spacial score (nSPS) is 12.1. The molecule has 9 heteroatoms. The van der Waals surface area contributed by atoms with E-state index in [4.69, 9.17) is 0 Å². The highest BCUT2D eigenvalue weighted by molar-refractivity contribution is 5.77. The van der Waals surface area contributed by atoms with Crippen LogP contribution in [0.5, 0.6) is 0 Å². The fourth-order valence-corrected chi connectivity index (χ4v) is 2.46. The summed E-state index contributed by atoms with van der Waals surface area (Å²) in [5.41, 5.74) is 1.07. The summed E-state index contributed by atoms with van der Waals surface area (Å²) in [4.78, 5) is 16.5. The van der Waals surface area contributed by atoms with Crippen LogP contribution in [0.4, 0.5) is 8.78 Å². The summed E-state index contributed by atoms with van der Waals surface area (Å²) in [5, 5.41) is 12.9. The van der Waals surface area contributed by atoms with Gasteiger partial charge in [0, 0.05) is 32.3 Å². The third-order valence-electron chi connectivity index (χ3n) is 3.77. The highest BCUT2D eigenvalue weighted by Crippen LogP contribution is 2.22. The Kier molecular flexibility index (Phi) is 4.82. The predicted molar refractivity (Wildman–Crippen MR) is 84.3 cm³/mol. The van der Waals surface area contributed by atoms with Crippen LogP contribution in [0.2, 0.25) is 0 Å². The zero-order valence-corrected chi connectivity index (χ0v) is 13.4. The Morgan fingerprint density at radius 1 is 1.36 bits per heavy atom. The van der Waals surface area contributed by atoms with Gasteiger partial charge in [0.1, 0.15) is 11.9 Å². The second kappa shape index (κ2) is 7.20. The highest BCUT2D eigenvalue weighted by atomic mass is 19.2. The number of carbonyl (C=O) groups is 1. The van der Waals surface area contributed by atoms with Gasteiger partial charge in [-0.15, -0.1) is 0 Å². The molecule has 0 aliphatic carbocycles. The summed E-state index contributed by atoms with van der Waals surface area (Å²) in [6.45, 7) is 0. The van der Waals surface area contributed by atoms with Crippen molar-refractivity contribution in [3.05, 3.63) is 65.5 Å². The fraction of sp³-hybridized carbons (Fsp3) is 0.250. The SMILES string of the molecule is Cn1ccnc1C(NC(=O)CCc1cn[nH]n1)c1ccc(F)c(F)c1. The van der Waals surface area contributed by atoms with Crippen molar-refractivity contribution in [3.8, 4) is 0 Å². The van der Waals surface area contributed by atoms with Crippen molar-refractivity contribution in [3.63, 3.8) is 0 Å². The maximum Gasteiger partial charge on any atom is 0.221 e. The average Bonchev–Trinajstić information content (AvgIpc) is 3.25. The molecule has 3 aromatic rings. The Morgan fingerprint density at radius 3 is 2.84 bits per heavy atom. The molecular formula is C16H16F2N6O. The Hall–Kier alpha value is -3.10. The van der Waals surface area contributed by atoms with Gasteiger partial charge in [0.15, 0.2) is 11.6 Å². The number of benzene rings is 1. The molecule has 25 heavy (non-hydrogen) atoms. The zero-order valence-electron chi connectivity index (χ0n) is 13.4. The van der Waals surface area contributed by atoms with Crippen LogP contribution >= 0.6 is 0 Å². The molecule has 0 fully saturated rings. The van der Waals surface area contributed by atoms with Gasteiger partial charge in [-0.1, -0.05) is 6.07 Å². The van der Waals surface area contributed by atoms with Gasteiger partial charge < -0.3 is 9.88 Å². The zero-order chi connectivity index (χ0) is 17.8. The lowest BCUT2D eigenvalue weighted by Gasteiger charge is -2.19. The topological polar surface area (TPSA) is 88.5 Å². The molecule has 7 nitrogen and oxygen atoms in total. The number of aromatic nitrogens is 5. The Morgan fingerprint density at radius 2 is 2.20 bits per heavy atom. The van der Waals surface area contributed by atoms with Gasteiger partial charge in [0.05, 0.1) is 11.9 Å². The molecule has 2 heterocycles. The molecule has 2 N–H and O–H groups in total. The van der Waals surface area contributed by atoms with Crippen LogP contribution in [0.3, 0.4) is 0 Å². The van der Waals surface area contributed by atoms with Crippen LogP contribution in [0.15, 0.2) is 36.8 Å². The number of rotatable bonds is 6. The van der Waals surface area contributed by atoms with Crippen molar-refractivity contribution in [1.82, 2.24) is 30.3 Å². The van der Waals surface area contributed by atoms with Crippen LogP contribution in [-0.2, 0) is 18.3 Å². The van der Waals surface area contributed by atoms with Gasteiger partial charge in [0.2, 0.25) is 5.91 Å². The third-order valence-corrected chi connectivity index (χ3v) is 3.77. The molecule has 3 rings (SSSR count). The minimum Gasteiger partial charge on any atom is -0.342 e. The number of nitrogens with one attached hydrogen (secondary N) is 2. The van der Waals surface area contributed by atoms with E-state index in [-0.39, 0.29) is 12.3 Å². The van der Waals surface area contributed by atoms with Crippen LogP contribution in [0.25, 0.3) is 0 Å². The van der Waals surface area contributed by atoms with E-state index >= 15 is 0 Å². The molecule has 1 aromatic carbocycles. The third kappa shape index (κ3) is 3.87. The molecule has 0 bridgehead atoms. The standard InChI is InChI=1S/C16H16F2N6O/c1-24-7-6-19-16(24)15(10-2-4-12(17)13(18)8-10)21-14(25)5-3-11-9-20-23-22-11/h2,4,6-9,15H,3,5H2,1H3,(H,21,25)(H,20,22,23). The fourth-order valence-electron chi connectivity index (χ4n) is 2.46. The van der Waals surface area contributed by atoms with E-state index in [9.17, 15) is 13.6 Å². The van der Waals surface area contributed by atoms with E-state index in [2.05, 4.69) is 25.7 Å². The van der Waals surface area contributed by atoms with Gasteiger partial charge in [-0.05, 0) is 17.7 Å². The summed E-state index contributed by atoms with van der Waals surface area (Å²) >= 11 is 0. The predicted octanol–water partition coefficient (Wildman–Crippen LogP) is 1.65. The summed E-state index contributed by atoms with van der Waals surface area (Å²) in [7, 11) is 1.76. The molecule has 1 atom stereocenters. The summed E-state index contributed by atoms with van der Waals surface area (Å²) in [5.74, 6) is -1.67. The lowest BCUT2D eigenvalue weighted by atomic mass is 10.1. The summed E-state index contributed by atoms with van der Waals surface area (Å²) < 4.78 is 28.6. The van der Waals surface area contributed by atoms with E-state index in [1.54, 1.807) is 30.2 Å². The molecule has 130 valence electrons. The van der Waals surface area contributed by atoms with Crippen molar-refractivity contribution < 1.29 is 13.6 Å². The second-order valence-electron chi connectivity index (χ2n) is 5.53. The van der Waals surface area contributed by atoms with Gasteiger partial charge in [-0.2, -0.15) is 15.4 Å². The van der Waals surface area contributed by atoms with E-state index in [1.165, 1.54) is 6.07 Å². The molecule has 0 saturated carbocycles. The first kappa shape index (κ1) is 16.7. The Labute approximate surface area is 142 Å². The monoisotopic (exact) mass is 346 g/mol. The van der Waals surface area contributed by atoms with Gasteiger partial charge in [0.25, 0.3) is 0 Å². The number of aromatic amines is 1. The largest absolute Gasteiger partial charge is 0.342 e. The Balaban J connectivity index is 1.80. The molecule has 0 spiro atoms. The van der Waals surface area contributed by atoms with Crippen molar-refractivity contribution in [1.29, 1.82) is 0 Å². The van der Waals surface area contributed by atoms with Crippen LogP contribution < -0.4 is 5.32 Å². The maximum atomic E-state index is 13.6. The number of nitrogens with zero attached hydrogens (tertiary/aromatic N) is 4. The number of hydrogen-bond acceptors (Lipinski definition) is 4. The lowest BCUT2D eigenvalue weighted by molar-refractivity contribution is -0.121. The minimum absolute atomic E-state index is 0.178. The number of amides is 1. The first-order valence-electron chi connectivity index (χ1n) is 7.61. The molecule has 0 saturated heterocycles. The number of imidazole rings is 1. The first-order chi connectivity index (χ1) is 12.0. The number of carbonyl (C=O) groups excluding carboxylic acids is 1. The van der Waals surface area contributed by atoms with Gasteiger partial charge >= 0.3 is 0 Å². The number of halogens is 2. The molecular weight excluding hydrogens is 330 g/mol.